The summed E-state index contributed by atoms with van der Waals surface area (Å²) in [5, 5.41) is 0. The van der Waals surface area contributed by atoms with E-state index in [1.54, 1.807) is 41.5 Å². The Morgan fingerprint density at radius 3 is 1.32 bits per heavy atom. The summed E-state index contributed by atoms with van der Waals surface area (Å²) in [5.41, 5.74) is 16.0. The number of esters is 3. The highest BCUT2D eigenvalue weighted by Crippen LogP contribution is 2.48. The standard InChI is InChI=1S/3C24H38N2O4/c3*1-14(2)9-17-13-26-8-7-16-10-21(28-5)22(29-6)11-18(16)19(26)12-20(17)30-24(27)23(25)15(3)4/h3*10-11,14-15,17,19-20,23H,7-9,12-13,25H2,1-6H3/t3*17?,19?,20?,23-/m000/s1/i1D3,5D3,7D2,8D2,9D2,14D,19D,20D;1D3,7D2,8D2,9D2,14D,19D,20D;1D3,7D2,8D2,9D2,10D,11D,14D/t3*14?,17?,19?,20?,23-. The van der Waals surface area contributed by atoms with Crippen LogP contribution >= 0.6 is 0 Å². The fourth-order valence-corrected chi connectivity index (χ4v) is 10.5. The second-order valence-corrected chi connectivity index (χ2v) is 23.2. The van der Waals surface area contributed by atoms with Crippen molar-refractivity contribution in [2.75, 3.05) is 81.7 Å². The Hall–Kier alpha value is -5.37. The molecule has 12 unspecified atom stereocenters. The third kappa shape index (κ3) is 17.5. The lowest BCUT2D eigenvalue weighted by molar-refractivity contribution is -0.161. The number of aryl methyl sites for hydroxylation is 2. The minimum Gasteiger partial charge on any atom is -0.493 e. The third-order valence-corrected chi connectivity index (χ3v) is 15.6. The second kappa shape index (κ2) is 32.5. The van der Waals surface area contributed by atoms with Crippen molar-refractivity contribution in [3.8, 4) is 34.5 Å². The molecule has 0 saturated carbocycles. The quantitative estimate of drug-likeness (QED) is 0.0666. The van der Waals surface area contributed by atoms with E-state index in [1.165, 1.54) is 40.6 Å². The molecule has 6 N–H and O–H groups in total. The molecule has 6 aliphatic heterocycles. The van der Waals surface area contributed by atoms with Crippen molar-refractivity contribution in [3.63, 3.8) is 0 Å². The Morgan fingerprint density at radius 1 is 0.522 bits per heavy atom. The van der Waals surface area contributed by atoms with Crippen LogP contribution in [0.1, 0.15) is 226 Å². The first-order valence-electron chi connectivity index (χ1n) is 48.8. The number of rotatable bonds is 21. The van der Waals surface area contributed by atoms with Crippen molar-refractivity contribution in [2.45, 2.75) is 195 Å². The van der Waals surface area contributed by atoms with Gasteiger partial charge in [0.25, 0.3) is 0 Å². The minimum absolute atomic E-state index is 0.0483. The lowest BCUT2D eigenvalue weighted by atomic mass is 9.79. The largest absolute Gasteiger partial charge is 0.493 e. The summed E-state index contributed by atoms with van der Waals surface area (Å²) in [6, 6.07) is -6.43. The van der Waals surface area contributed by atoms with Crippen molar-refractivity contribution in [2.24, 2.45) is 70.4 Å². The van der Waals surface area contributed by atoms with Gasteiger partial charge in [-0.25, -0.2) is 0 Å². The van der Waals surface area contributed by atoms with Gasteiger partial charge in [0.2, 0.25) is 0 Å². The van der Waals surface area contributed by atoms with E-state index < -0.39 is 273 Å². The summed E-state index contributed by atoms with van der Waals surface area (Å²) < 4.78 is 381. The normalized spacial score (nSPS) is 40.9. The van der Waals surface area contributed by atoms with Gasteiger partial charge in [-0.3, -0.25) is 29.1 Å². The summed E-state index contributed by atoms with van der Waals surface area (Å²) in [5.74, 6) is -20.2. The zero-order valence-electron chi connectivity index (χ0n) is 92.4. The number of methoxy groups -OCH3 is 6. The number of ether oxygens (including phenoxy) is 9. The summed E-state index contributed by atoms with van der Waals surface area (Å²) in [7, 11) is 3.13. The van der Waals surface area contributed by atoms with E-state index in [0.717, 1.165) is 44.9 Å². The van der Waals surface area contributed by atoms with E-state index in [4.69, 9.17) is 108 Å². The molecule has 6 heterocycles. The van der Waals surface area contributed by atoms with Gasteiger partial charge in [-0.15, -0.1) is 0 Å². The molecule has 3 saturated heterocycles. The Balaban J connectivity index is 0.000000265. The summed E-state index contributed by atoms with van der Waals surface area (Å²) in [4.78, 5) is 41.6. The number of hydrogen-bond donors (Lipinski definition) is 3. The first-order valence-corrected chi connectivity index (χ1v) is 29.3. The molecule has 3 aromatic carbocycles. The minimum atomic E-state index is -3.29. The number of benzene rings is 3. The summed E-state index contributed by atoms with van der Waals surface area (Å²) in [6.07, 6.45) is -27.6. The maximum Gasteiger partial charge on any atom is 0.323 e. The number of nitrogens with zero attached hydrogens (tertiary/aromatic N) is 3. The van der Waals surface area contributed by atoms with E-state index in [2.05, 4.69) is 0 Å². The third-order valence-electron chi connectivity index (χ3n) is 15.6. The Bertz CT molecular complexity index is 4660. The maximum absolute atomic E-state index is 13.1. The highest BCUT2D eigenvalue weighted by Gasteiger charge is 2.45. The van der Waals surface area contributed by atoms with Crippen molar-refractivity contribution < 1.29 is 110 Å². The van der Waals surface area contributed by atoms with Crippen molar-refractivity contribution in [1.82, 2.24) is 14.7 Å². The topological polar surface area (TPSA) is 222 Å². The van der Waals surface area contributed by atoms with Crippen LogP contribution in [0.2, 0.25) is 0 Å². The molecule has 18 nitrogen and oxygen atoms in total. The van der Waals surface area contributed by atoms with Gasteiger partial charge in [-0.1, -0.05) is 82.9 Å². The second-order valence-electron chi connectivity index (χ2n) is 23.2. The first-order chi connectivity index (χ1) is 57.6. The summed E-state index contributed by atoms with van der Waals surface area (Å²) >= 11 is 0. The van der Waals surface area contributed by atoms with Crippen LogP contribution in [0.5, 0.6) is 34.5 Å². The fourth-order valence-electron chi connectivity index (χ4n) is 10.5. The number of carbonyl (C=O) groups is 3. The monoisotopic (exact) mass is 1290 g/mol. The zero-order valence-corrected chi connectivity index (χ0v) is 53.4. The van der Waals surface area contributed by atoms with Gasteiger partial charge < -0.3 is 59.8 Å². The van der Waals surface area contributed by atoms with E-state index in [-0.39, 0.29) is 56.9 Å². The number of piperidine rings is 3. The molecule has 3 fully saturated rings. The van der Waals surface area contributed by atoms with Gasteiger partial charge in [-0.05, 0) is 143 Å². The van der Waals surface area contributed by atoms with Crippen LogP contribution in [0, 0.1) is 53.2 Å². The fraction of sp³-hybridized carbons (Fsp3) is 0.708. The average Bonchev–Trinajstić information content (AvgIpc) is 0.681. The van der Waals surface area contributed by atoms with E-state index >= 15 is 0 Å². The van der Waals surface area contributed by atoms with E-state index in [9.17, 15) is 19.9 Å². The molecule has 3 aromatic rings. The van der Waals surface area contributed by atoms with Crippen molar-refractivity contribution >= 4 is 17.9 Å². The highest BCUT2D eigenvalue weighted by molar-refractivity contribution is 5.77. The molecule has 0 radical (unpaired) electrons. The van der Waals surface area contributed by atoms with Gasteiger partial charge in [0, 0.05) is 135 Å². The number of fused-ring (bicyclic) bond motifs is 9. The molecular weight excluding hydrogens is 1140 g/mol. The van der Waals surface area contributed by atoms with E-state index in [1.807, 2.05) is 0 Å². The molecule has 0 aromatic heterocycles. The van der Waals surface area contributed by atoms with Crippen LogP contribution in [-0.4, -0.2) is 151 Å². The van der Waals surface area contributed by atoms with Crippen LogP contribution in [-0.2, 0) is 47.7 Å². The van der Waals surface area contributed by atoms with Gasteiger partial charge in [0.15, 0.2) is 34.5 Å². The van der Waals surface area contributed by atoms with Gasteiger partial charge in [-0.2, -0.15) is 0 Å². The zero-order chi connectivity index (χ0) is 100. The van der Waals surface area contributed by atoms with Gasteiger partial charge in [0.05, 0.1) is 54.9 Å². The number of nitrogens with two attached hydrogens (primary N) is 3. The van der Waals surface area contributed by atoms with Gasteiger partial charge in [0.1, 0.15) is 36.4 Å². The Labute approximate surface area is 594 Å². The average molecular weight is 1290 g/mol. The van der Waals surface area contributed by atoms with Gasteiger partial charge >= 0.3 is 17.9 Å². The van der Waals surface area contributed by atoms with Crippen LogP contribution in [0.3, 0.4) is 0 Å². The van der Waals surface area contributed by atoms with Crippen molar-refractivity contribution in [3.05, 3.63) is 69.7 Å². The smallest absolute Gasteiger partial charge is 0.323 e. The molecule has 6 aliphatic rings. The predicted octanol–water partition coefficient (Wildman–Crippen LogP) is 10.7. The van der Waals surface area contributed by atoms with Crippen LogP contribution in [0.4, 0.5) is 0 Å². The highest BCUT2D eigenvalue weighted by atomic mass is 16.6. The lowest BCUT2D eigenvalue weighted by Gasteiger charge is -2.47. The van der Waals surface area contributed by atoms with Crippen LogP contribution < -0.4 is 45.6 Å². The van der Waals surface area contributed by atoms with Crippen molar-refractivity contribution in [1.29, 1.82) is 0 Å². The molecule has 15 atom stereocenters. The maximum atomic E-state index is 13.1. The van der Waals surface area contributed by atoms with Crippen LogP contribution in [0.25, 0.3) is 0 Å². The molecule has 0 amide bonds. The molecule has 0 bridgehead atoms. The molecule has 9 rings (SSSR count). The lowest BCUT2D eigenvalue weighted by Crippen LogP contribution is -2.51. The molecule has 90 heavy (non-hydrogen) atoms. The molecule has 18 heteroatoms. The Kier molecular flexibility index (Phi) is 12.7. The summed E-state index contributed by atoms with van der Waals surface area (Å²) in [6.45, 7) is -9.40. The number of carbonyl (C=O) groups excluding carboxylic acids is 3. The van der Waals surface area contributed by atoms with E-state index in [0.29, 0.717) is 9.80 Å². The predicted molar refractivity (Wildman–Crippen MR) is 353 cm³/mol. The SMILES string of the molecule is [2H]C([2H])([2H])Oc1cc2c(cc1OC)C1([2H])CC([2H])(OC(=O)[C@@H](N)C(C)C)C(C([2H])([2H])C([2H])(C)C([2H])([2H])[2H])CN1C([2H])([2H])C2([2H])[2H].[2H]C1(OC(=O)[C@@H](N)C(C)C)CC2([2H])c3cc(OC)c(OC)cc3C([2H])([2H])C([2H])([2H])N2CC1C([2H])([2H])C([2H])(C)C([2H])([2H])[2H].[2H]c1c(OC)c(OC)c([2H])c2c1C1CC(OC(=O)[C@@H](N)C(C)C)C(C([2H])([2H])C([2H])(C)C([2H])([2H])[2H])CN1C([2H])([2H])C2([2H])[2H]. The first kappa shape index (κ1) is 35.2. The molecular formula is C72H114N6O12. The van der Waals surface area contributed by atoms with Crippen LogP contribution in [0.15, 0.2) is 36.4 Å². The molecule has 0 aliphatic carbocycles. The Morgan fingerprint density at radius 2 is 0.900 bits per heavy atom. The number of hydrogen-bond acceptors (Lipinski definition) is 18. The molecule has 504 valence electrons. The molecule has 0 spiro atoms.